The number of aromatic amines is 2. The van der Waals surface area contributed by atoms with Gasteiger partial charge in [-0.25, -0.2) is 4.98 Å². The van der Waals surface area contributed by atoms with Gasteiger partial charge in [-0.3, -0.25) is 9.59 Å². The van der Waals surface area contributed by atoms with Crippen molar-refractivity contribution in [3.05, 3.63) is 57.3 Å². The van der Waals surface area contributed by atoms with Gasteiger partial charge in [0.05, 0.1) is 16.1 Å². The fraction of sp³-hybridized carbons (Fsp3) is 0.261. The van der Waals surface area contributed by atoms with Crippen LogP contribution in [0, 0.1) is 6.92 Å². The number of fused-ring (bicyclic) bond motifs is 2. The third-order valence-electron chi connectivity index (χ3n) is 5.95. The molecule has 31 heavy (non-hydrogen) atoms. The number of H-pyrrole nitrogens is 2. The number of hydrogen-bond acceptors (Lipinski definition) is 4. The number of halogens is 1. The molecule has 7 nitrogen and oxygen atoms in total. The van der Waals surface area contributed by atoms with Crippen LogP contribution in [-0.4, -0.2) is 51.9 Å². The van der Waals surface area contributed by atoms with E-state index in [1.807, 2.05) is 42.2 Å². The maximum absolute atomic E-state index is 12.8. The van der Waals surface area contributed by atoms with Gasteiger partial charge in [0.1, 0.15) is 11.4 Å². The number of carbonyl (C=O) groups excluding carboxylic acids is 1. The fourth-order valence-electron chi connectivity index (χ4n) is 4.27. The number of amides is 1. The zero-order valence-electron chi connectivity index (χ0n) is 17.3. The van der Waals surface area contributed by atoms with Gasteiger partial charge in [0.15, 0.2) is 0 Å². The predicted octanol–water partition coefficient (Wildman–Crippen LogP) is 3.70. The Bertz CT molecular complexity index is 1380. The zero-order valence-corrected chi connectivity index (χ0v) is 18.1. The third kappa shape index (κ3) is 3.35. The van der Waals surface area contributed by atoms with E-state index >= 15 is 0 Å². The van der Waals surface area contributed by atoms with Crippen LogP contribution < -0.4 is 10.5 Å². The zero-order chi connectivity index (χ0) is 21.7. The second kappa shape index (κ2) is 7.42. The smallest absolute Gasteiger partial charge is 0.260 e. The van der Waals surface area contributed by atoms with Crippen molar-refractivity contribution in [2.75, 3.05) is 31.1 Å². The van der Waals surface area contributed by atoms with Crippen molar-refractivity contribution < 1.29 is 4.79 Å². The molecule has 158 valence electrons. The van der Waals surface area contributed by atoms with E-state index in [9.17, 15) is 9.59 Å². The van der Waals surface area contributed by atoms with Crippen LogP contribution in [0.5, 0.6) is 0 Å². The Kier molecular flexibility index (Phi) is 4.70. The van der Waals surface area contributed by atoms with Gasteiger partial charge in [0.25, 0.3) is 5.56 Å². The van der Waals surface area contributed by atoms with Crippen LogP contribution in [-0.2, 0) is 4.79 Å². The van der Waals surface area contributed by atoms with Gasteiger partial charge in [-0.05, 0) is 30.7 Å². The van der Waals surface area contributed by atoms with Gasteiger partial charge in [0, 0.05) is 49.7 Å². The minimum Gasteiger partial charge on any atom is -0.368 e. The quantitative estimate of drug-likeness (QED) is 0.502. The highest BCUT2D eigenvalue weighted by molar-refractivity contribution is 6.37. The number of para-hydroxylation sites is 1. The summed E-state index contributed by atoms with van der Waals surface area (Å²) < 4.78 is 0. The molecule has 0 unspecified atom stereocenters. The molecule has 8 heteroatoms. The third-order valence-corrected chi connectivity index (χ3v) is 6.34. The van der Waals surface area contributed by atoms with E-state index in [1.54, 1.807) is 6.92 Å². The number of benzene rings is 2. The highest BCUT2D eigenvalue weighted by Gasteiger charge is 2.21. The number of rotatable bonds is 2. The molecule has 2 aromatic carbocycles. The summed E-state index contributed by atoms with van der Waals surface area (Å²) in [6, 6.07) is 11.6. The molecule has 1 aliphatic rings. The average molecular weight is 436 g/mol. The molecule has 1 amide bonds. The fourth-order valence-corrected chi connectivity index (χ4v) is 4.61. The van der Waals surface area contributed by atoms with E-state index in [0.717, 1.165) is 40.8 Å². The summed E-state index contributed by atoms with van der Waals surface area (Å²) in [6.07, 6.45) is 0. The number of hydrogen-bond donors (Lipinski definition) is 2. The molecule has 0 saturated carbocycles. The summed E-state index contributed by atoms with van der Waals surface area (Å²) in [4.78, 5) is 39.4. The molecule has 1 aliphatic heterocycles. The van der Waals surface area contributed by atoms with Crippen molar-refractivity contribution in [1.29, 1.82) is 0 Å². The molecule has 3 heterocycles. The van der Waals surface area contributed by atoms with Crippen molar-refractivity contribution in [3.63, 3.8) is 0 Å². The monoisotopic (exact) mass is 435 g/mol. The van der Waals surface area contributed by atoms with Crippen molar-refractivity contribution in [3.8, 4) is 11.4 Å². The van der Waals surface area contributed by atoms with Crippen molar-refractivity contribution in [1.82, 2.24) is 19.9 Å². The lowest BCUT2D eigenvalue weighted by atomic mass is 10.1. The molecule has 0 atom stereocenters. The van der Waals surface area contributed by atoms with Crippen LogP contribution in [0.1, 0.15) is 12.5 Å². The second-order valence-corrected chi connectivity index (χ2v) is 8.30. The summed E-state index contributed by atoms with van der Waals surface area (Å²) in [5, 5.41) is 1.16. The molecule has 0 bridgehead atoms. The van der Waals surface area contributed by atoms with Gasteiger partial charge in [-0.15, -0.1) is 0 Å². The van der Waals surface area contributed by atoms with Gasteiger partial charge in [-0.1, -0.05) is 29.8 Å². The predicted molar refractivity (Wildman–Crippen MR) is 124 cm³/mol. The molecular formula is C23H22ClN5O2. The van der Waals surface area contributed by atoms with Crippen molar-refractivity contribution in [2.24, 2.45) is 0 Å². The lowest BCUT2D eigenvalue weighted by Gasteiger charge is -2.35. The van der Waals surface area contributed by atoms with Gasteiger partial charge >= 0.3 is 0 Å². The van der Waals surface area contributed by atoms with Crippen molar-refractivity contribution >= 4 is 45.1 Å². The highest BCUT2D eigenvalue weighted by atomic mass is 35.5. The number of carbonyl (C=O) groups is 1. The molecule has 5 rings (SSSR count). The molecule has 1 saturated heterocycles. The number of pyridine rings is 1. The first-order valence-electron chi connectivity index (χ1n) is 10.2. The minimum absolute atomic E-state index is 0.113. The van der Waals surface area contributed by atoms with Gasteiger partial charge < -0.3 is 19.8 Å². The van der Waals surface area contributed by atoms with Crippen LogP contribution in [0.15, 0.2) is 41.2 Å². The van der Waals surface area contributed by atoms with Crippen LogP contribution in [0.25, 0.3) is 33.3 Å². The Balaban J connectivity index is 1.56. The Morgan fingerprint density at radius 2 is 1.81 bits per heavy atom. The first-order valence-corrected chi connectivity index (χ1v) is 10.6. The first kappa shape index (κ1) is 19.6. The van der Waals surface area contributed by atoms with Crippen molar-refractivity contribution in [2.45, 2.75) is 13.8 Å². The molecular weight excluding hydrogens is 414 g/mol. The van der Waals surface area contributed by atoms with E-state index in [4.69, 9.17) is 16.6 Å². The minimum atomic E-state index is -0.277. The Morgan fingerprint density at radius 1 is 1.06 bits per heavy atom. The number of aryl methyl sites for hydroxylation is 1. The number of nitrogens with zero attached hydrogens (tertiary/aromatic N) is 3. The molecule has 0 spiro atoms. The van der Waals surface area contributed by atoms with Crippen LogP contribution in [0.4, 0.5) is 5.69 Å². The van der Waals surface area contributed by atoms with E-state index in [1.165, 1.54) is 0 Å². The Morgan fingerprint density at radius 3 is 2.55 bits per heavy atom. The molecule has 0 radical (unpaired) electrons. The van der Waals surface area contributed by atoms with E-state index in [2.05, 4.69) is 20.9 Å². The molecule has 2 aromatic heterocycles. The maximum Gasteiger partial charge on any atom is 0.260 e. The molecule has 0 aliphatic carbocycles. The number of piperazine rings is 1. The molecule has 4 aromatic rings. The lowest BCUT2D eigenvalue weighted by Crippen LogP contribution is -2.48. The number of imidazole rings is 1. The topological polar surface area (TPSA) is 85.1 Å². The highest BCUT2D eigenvalue weighted by Crippen LogP contribution is 2.32. The number of aromatic nitrogens is 3. The standard InChI is InChI=1S/C23H22ClN5O2/c1-13-11-15(29-9-7-28(8-10-29)14(2)30)12-18-21(13)27-22(25-18)19-20(24)16-5-3-4-6-17(16)26-23(19)31/h3-6,11-12H,7-10H2,1-2H3,(H,25,27)(H,26,31). The summed E-state index contributed by atoms with van der Waals surface area (Å²) in [6.45, 7) is 6.60. The maximum atomic E-state index is 12.8. The summed E-state index contributed by atoms with van der Waals surface area (Å²) in [5.74, 6) is 0.565. The Hall–Kier alpha value is -3.32. The lowest BCUT2D eigenvalue weighted by molar-refractivity contribution is -0.129. The average Bonchev–Trinajstić information content (AvgIpc) is 3.18. The van der Waals surface area contributed by atoms with Crippen LogP contribution in [0.2, 0.25) is 5.02 Å². The summed E-state index contributed by atoms with van der Waals surface area (Å²) >= 11 is 6.62. The van der Waals surface area contributed by atoms with Gasteiger partial charge in [-0.2, -0.15) is 0 Å². The molecule has 1 fully saturated rings. The SMILES string of the molecule is CC(=O)N1CCN(c2cc(C)c3nc(-c4c(Cl)c5ccccc5[nH]c4=O)[nH]c3c2)CC1. The van der Waals surface area contributed by atoms with Gasteiger partial charge in [0.2, 0.25) is 5.91 Å². The largest absolute Gasteiger partial charge is 0.368 e. The normalized spacial score (nSPS) is 14.5. The summed E-state index contributed by atoms with van der Waals surface area (Å²) in [7, 11) is 0. The van der Waals surface area contributed by atoms with E-state index in [0.29, 0.717) is 35.0 Å². The number of anilines is 1. The van der Waals surface area contributed by atoms with E-state index in [-0.39, 0.29) is 11.5 Å². The molecule has 2 N–H and O–H groups in total. The second-order valence-electron chi connectivity index (χ2n) is 7.93. The van der Waals surface area contributed by atoms with Crippen LogP contribution in [0.3, 0.4) is 0 Å². The van der Waals surface area contributed by atoms with Crippen LogP contribution >= 0.6 is 11.6 Å². The first-order chi connectivity index (χ1) is 14.9. The Labute approximate surface area is 183 Å². The summed E-state index contributed by atoms with van der Waals surface area (Å²) in [5.41, 5.74) is 4.50. The number of nitrogens with one attached hydrogen (secondary N) is 2. The van der Waals surface area contributed by atoms with E-state index < -0.39 is 0 Å².